The number of ether oxygens (including phenoxy) is 2. The van der Waals surface area contributed by atoms with Gasteiger partial charge in [-0.15, -0.1) is 0 Å². The standard InChI is InChI=1S/C29H23F3N2O4/c1-27-12-13-28(38-27,14-15-37-19-9-7-18(8-10-19)29(30,31)32)24-23(27)25(35)34(26(24)36)22-11-6-17(16-33)20-4-2-3-5-21(20)22/h2-11,23-24H,12-15H2,1H3/t23-,24+,27-,28-/m1/s1. The van der Waals surface area contributed by atoms with Crippen molar-refractivity contribution in [2.24, 2.45) is 11.8 Å². The molecule has 2 bridgehead atoms. The Labute approximate surface area is 216 Å². The van der Waals surface area contributed by atoms with Gasteiger partial charge in [0.1, 0.15) is 5.75 Å². The smallest absolute Gasteiger partial charge is 0.416 e. The Balaban J connectivity index is 1.28. The minimum absolute atomic E-state index is 0.117. The van der Waals surface area contributed by atoms with Crippen LogP contribution in [0, 0.1) is 23.2 Å². The summed E-state index contributed by atoms with van der Waals surface area (Å²) in [7, 11) is 0. The van der Waals surface area contributed by atoms with Crippen LogP contribution in [0.15, 0.2) is 60.7 Å². The van der Waals surface area contributed by atoms with Crippen molar-refractivity contribution in [3.05, 3.63) is 71.8 Å². The molecule has 194 valence electrons. The average Bonchev–Trinajstić information content (AvgIpc) is 3.47. The van der Waals surface area contributed by atoms with E-state index in [0.717, 1.165) is 12.1 Å². The molecule has 0 aromatic heterocycles. The van der Waals surface area contributed by atoms with Crippen molar-refractivity contribution in [2.75, 3.05) is 11.5 Å². The number of hydrogen-bond donors (Lipinski definition) is 0. The van der Waals surface area contributed by atoms with E-state index in [0.29, 0.717) is 41.3 Å². The molecule has 4 atom stereocenters. The number of imide groups is 1. The van der Waals surface area contributed by atoms with Gasteiger partial charge in [-0.05, 0) is 56.2 Å². The molecular formula is C29H23F3N2O4. The molecule has 0 N–H and O–H groups in total. The van der Waals surface area contributed by atoms with Gasteiger partial charge in [0.05, 0.1) is 52.5 Å². The Morgan fingerprint density at radius 2 is 1.68 bits per heavy atom. The van der Waals surface area contributed by atoms with E-state index in [2.05, 4.69) is 6.07 Å². The minimum atomic E-state index is -4.43. The Bertz CT molecular complexity index is 1510. The third-order valence-electron chi connectivity index (χ3n) is 8.25. The zero-order valence-electron chi connectivity index (χ0n) is 20.4. The van der Waals surface area contributed by atoms with Crippen molar-refractivity contribution in [3.8, 4) is 11.8 Å². The van der Waals surface area contributed by atoms with Crippen molar-refractivity contribution >= 4 is 28.3 Å². The Morgan fingerprint density at radius 1 is 1.00 bits per heavy atom. The maximum absolute atomic E-state index is 13.9. The third kappa shape index (κ3) is 3.51. The Hall–Kier alpha value is -3.90. The number of nitriles is 1. The normalized spacial score (nSPS) is 28.1. The first kappa shape index (κ1) is 24.4. The van der Waals surface area contributed by atoms with Crippen molar-refractivity contribution in [1.82, 2.24) is 0 Å². The average molecular weight is 521 g/mol. The molecule has 6 nitrogen and oxygen atoms in total. The van der Waals surface area contributed by atoms with Gasteiger partial charge in [-0.3, -0.25) is 9.59 Å². The molecule has 3 aliphatic heterocycles. The zero-order valence-corrected chi connectivity index (χ0v) is 20.4. The third-order valence-corrected chi connectivity index (χ3v) is 8.25. The lowest BCUT2D eigenvalue weighted by atomic mass is 9.67. The zero-order chi connectivity index (χ0) is 26.9. The van der Waals surface area contributed by atoms with E-state index in [1.807, 2.05) is 6.92 Å². The quantitative estimate of drug-likeness (QED) is 0.408. The lowest BCUT2D eigenvalue weighted by molar-refractivity contribution is -0.137. The molecule has 0 unspecified atom stereocenters. The number of amides is 2. The van der Waals surface area contributed by atoms with Crippen LogP contribution in [0.1, 0.15) is 37.3 Å². The predicted molar refractivity (Wildman–Crippen MR) is 131 cm³/mol. The molecule has 3 aliphatic rings. The van der Waals surface area contributed by atoms with Crippen LogP contribution in [0.3, 0.4) is 0 Å². The van der Waals surface area contributed by atoms with E-state index in [9.17, 15) is 28.0 Å². The highest BCUT2D eigenvalue weighted by Crippen LogP contribution is 2.62. The van der Waals surface area contributed by atoms with Crippen molar-refractivity contribution in [3.63, 3.8) is 0 Å². The number of alkyl halides is 3. The fourth-order valence-electron chi connectivity index (χ4n) is 6.51. The molecule has 3 heterocycles. The van der Waals surface area contributed by atoms with Crippen LogP contribution in [0.2, 0.25) is 0 Å². The second kappa shape index (κ2) is 8.30. The summed E-state index contributed by atoms with van der Waals surface area (Å²) in [5.74, 6) is -1.72. The fraction of sp³-hybridized carbons (Fsp3) is 0.345. The van der Waals surface area contributed by atoms with Crippen molar-refractivity contribution in [1.29, 1.82) is 5.26 Å². The molecule has 2 amide bonds. The molecule has 6 rings (SSSR count). The van der Waals surface area contributed by atoms with Crippen LogP contribution >= 0.6 is 0 Å². The number of fused-ring (bicyclic) bond motifs is 6. The summed E-state index contributed by atoms with van der Waals surface area (Å²) in [4.78, 5) is 28.9. The maximum Gasteiger partial charge on any atom is 0.416 e. The summed E-state index contributed by atoms with van der Waals surface area (Å²) >= 11 is 0. The van der Waals surface area contributed by atoms with Crippen LogP contribution in [0.4, 0.5) is 18.9 Å². The molecule has 0 aliphatic carbocycles. The summed E-state index contributed by atoms with van der Waals surface area (Å²) in [5.41, 5.74) is -1.57. The highest BCUT2D eigenvalue weighted by Gasteiger charge is 2.73. The number of halogens is 3. The summed E-state index contributed by atoms with van der Waals surface area (Å²) in [5, 5.41) is 10.8. The highest BCUT2D eigenvalue weighted by atomic mass is 19.4. The summed E-state index contributed by atoms with van der Waals surface area (Å²) in [6, 6.07) is 17.0. The first-order chi connectivity index (χ1) is 18.1. The van der Waals surface area contributed by atoms with Gasteiger partial charge in [0.15, 0.2) is 0 Å². The Kier molecular flexibility index (Phi) is 5.34. The molecule has 3 fully saturated rings. The van der Waals surface area contributed by atoms with E-state index < -0.39 is 34.8 Å². The molecule has 3 aromatic rings. The summed E-state index contributed by atoms with van der Waals surface area (Å²) < 4.78 is 50.7. The monoisotopic (exact) mass is 520 g/mol. The number of rotatable bonds is 5. The van der Waals surface area contributed by atoms with Crippen molar-refractivity contribution in [2.45, 2.75) is 43.6 Å². The van der Waals surface area contributed by atoms with Gasteiger partial charge in [0, 0.05) is 17.2 Å². The number of benzene rings is 3. The van der Waals surface area contributed by atoms with Gasteiger partial charge in [-0.1, -0.05) is 24.3 Å². The first-order valence-corrected chi connectivity index (χ1v) is 12.4. The summed E-state index contributed by atoms with van der Waals surface area (Å²) in [6.07, 6.45) is -2.94. The van der Waals surface area contributed by atoms with Crippen LogP contribution in [0.5, 0.6) is 5.75 Å². The van der Waals surface area contributed by atoms with Gasteiger partial charge in [0.2, 0.25) is 11.8 Å². The van der Waals surface area contributed by atoms with Crippen LogP contribution in [-0.2, 0) is 20.5 Å². The number of carbonyl (C=O) groups is 2. The largest absolute Gasteiger partial charge is 0.493 e. The maximum atomic E-state index is 13.9. The highest BCUT2D eigenvalue weighted by molar-refractivity contribution is 6.26. The second-order valence-corrected chi connectivity index (χ2v) is 10.4. The van der Waals surface area contributed by atoms with E-state index in [1.165, 1.54) is 17.0 Å². The number of anilines is 1. The fourth-order valence-corrected chi connectivity index (χ4v) is 6.51. The van der Waals surface area contributed by atoms with Crippen LogP contribution < -0.4 is 9.64 Å². The first-order valence-electron chi connectivity index (χ1n) is 12.4. The van der Waals surface area contributed by atoms with E-state index in [4.69, 9.17) is 9.47 Å². The second-order valence-electron chi connectivity index (χ2n) is 10.4. The molecule has 0 spiro atoms. The predicted octanol–water partition coefficient (Wildman–Crippen LogP) is 5.63. The van der Waals surface area contributed by atoms with Crippen molar-refractivity contribution < 1.29 is 32.2 Å². The van der Waals surface area contributed by atoms with Gasteiger partial charge < -0.3 is 9.47 Å². The number of carbonyl (C=O) groups excluding carboxylic acids is 2. The topological polar surface area (TPSA) is 79.6 Å². The Morgan fingerprint density at radius 3 is 2.37 bits per heavy atom. The van der Waals surface area contributed by atoms with Crippen LogP contribution in [-0.4, -0.2) is 29.6 Å². The molecule has 0 radical (unpaired) electrons. The molecule has 3 saturated heterocycles. The molecular weight excluding hydrogens is 497 g/mol. The molecule has 0 saturated carbocycles. The minimum Gasteiger partial charge on any atom is -0.493 e. The SMILES string of the molecule is C[C@]12CC[C@](CCOc3ccc(C(F)(F)F)cc3)(O1)[C@@H]1C(=O)N(c3ccc(C#N)c4ccccc34)C(=O)[C@@H]12. The van der Waals surface area contributed by atoms with Gasteiger partial charge in [-0.2, -0.15) is 18.4 Å². The van der Waals surface area contributed by atoms with Gasteiger partial charge >= 0.3 is 6.18 Å². The van der Waals surface area contributed by atoms with E-state index in [1.54, 1.807) is 36.4 Å². The van der Waals surface area contributed by atoms with Gasteiger partial charge in [0.25, 0.3) is 0 Å². The van der Waals surface area contributed by atoms with E-state index >= 15 is 0 Å². The number of nitrogens with zero attached hydrogens (tertiary/aromatic N) is 2. The molecule has 3 aromatic carbocycles. The molecule has 9 heteroatoms. The molecule has 38 heavy (non-hydrogen) atoms. The lowest BCUT2D eigenvalue weighted by Crippen LogP contribution is -2.43. The van der Waals surface area contributed by atoms with Gasteiger partial charge in [-0.25, -0.2) is 4.90 Å². The van der Waals surface area contributed by atoms with E-state index in [-0.39, 0.29) is 24.2 Å². The number of hydrogen-bond acceptors (Lipinski definition) is 5. The van der Waals surface area contributed by atoms with Crippen LogP contribution in [0.25, 0.3) is 10.8 Å². The lowest BCUT2D eigenvalue weighted by Gasteiger charge is -2.31. The summed E-state index contributed by atoms with van der Waals surface area (Å²) in [6.45, 7) is 1.98.